The van der Waals surface area contributed by atoms with Crippen molar-refractivity contribution in [1.82, 2.24) is 46.4 Å². The molecule has 4 atom stereocenters. The Balaban J connectivity index is 0.722. The van der Waals surface area contributed by atoms with E-state index in [0.717, 1.165) is 4.90 Å². The van der Waals surface area contributed by atoms with Crippen LogP contribution in [0, 0.1) is 12.7 Å². The number of rotatable bonds is 25. The van der Waals surface area contributed by atoms with Gasteiger partial charge in [0.25, 0.3) is 17.4 Å². The van der Waals surface area contributed by atoms with Crippen LogP contribution in [0.3, 0.4) is 0 Å². The molecular formula is C61H65FN10O15. The average Bonchev–Trinajstić information content (AvgIpc) is 1.69. The van der Waals surface area contributed by atoms with Crippen molar-refractivity contribution in [3.05, 3.63) is 140 Å². The molecule has 0 radical (unpaired) electrons. The summed E-state index contributed by atoms with van der Waals surface area (Å²) in [6.07, 6.45) is 3.43. The van der Waals surface area contributed by atoms with E-state index in [9.17, 15) is 63.0 Å². The predicted molar refractivity (Wildman–Crippen MR) is 308 cm³/mol. The second-order valence-electron chi connectivity index (χ2n) is 21.6. The van der Waals surface area contributed by atoms with Crippen molar-refractivity contribution in [2.75, 3.05) is 38.1 Å². The summed E-state index contributed by atoms with van der Waals surface area (Å²) >= 11 is 0. The van der Waals surface area contributed by atoms with Crippen LogP contribution >= 0.6 is 0 Å². The lowest BCUT2D eigenvalue weighted by molar-refractivity contribution is -0.172. The Morgan fingerprint density at radius 3 is 2.25 bits per heavy atom. The summed E-state index contributed by atoms with van der Waals surface area (Å²) in [7, 11) is 0. The number of unbranched alkanes of at least 4 members (excludes halogenated alkanes) is 2. The van der Waals surface area contributed by atoms with Crippen LogP contribution in [-0.2, 0) is 90.8 Å². The number of hydrogen-bond acceptors (Lipinski definition) is 16. The minimum Gasteiger partial charge on any atom is -0.458 e. The number of nitrogens with one attached hydrogen (secondary N) is 7. The number of amides is 9. The molecule has 0 saturated carbocycles. The smallest absolute Gasteiger partial charge is 0.407 e. The van der Waals surface area contributed by atoms with Gasteiger partial charge in [0.15, 0.2) is 5.60 Å². The second-order valence-corrected chi connectivity index (χ2v) is 21.6. The number of imide groups is 1. The molecule has 0 unspecified atom stereocenters. The summed E-state index contributed by atoms with van der Waals surface area (Å²) in [5.41, 5.74) is 2.50. The molecule has 3 aliphatic heterocycles. The minimum absolute atomic E-state index is 0.0295. The van der Waals surface area contributed by atoms with Gasteiger partial charge in [-0.3, -0.25) is 48.1 Å². The molecule has 0 bridgehead atoms. The van der Waals surface area contributed by atoms with Gasteiger partial charge in [-0.1, -0.05) is 55.8 Å². The third-order valence-electron chi connectivity index (χ3n) is 15.7. The Kier molecular flexibility index (Phi) is 19.3. The standard InChI is InChI=1S/C61H65FN10O15/c1-3-61(85)41-24-46-56-39(29-72(46)58(82)40(41)32-86-59(61)83)55-43(18-17-38-33(2)42(62)25-44(70-56)54(38)55)68-48(75)23-37(30-73)67-60(84)87-31-35-13-15-36(16-14-35)66-50(77)28-65-57(81)45(22-34-10-6-4-7-11-34)69-51(78)27-64-49(76)26-63-47(74)12-8-5-9-21-71-52(79)19-20-53(71)80/h4,6-7,10-11,13-16,19-20,24-25,37,43,45,73,85H,3,5,8-9,12,17-18,21-23,26-32H2,1-2H3,(H,63,74)(H,64,76)(H,65,81)(H,66,77)(H,67,84)(H,68,75)(H,69,78)/t37-,43+,45+,61+/m1/s1. The Morgan fingerprint density at radius 2 is 1.53 bits per heavy atom. The highest BCUT2D eigenvalue weighted by Crippen LogP contribution is 2.46. The number of aromatic nitrogens is 2. The SMILES string of the molecule is CC[C@@]1(O)C(=O)OCc2c1cc1n(c2=O)Cc2c-1nc1cc(F)c(C)c3c1c2[C@@H](NC(=O)C[C@H](CO)NC(=O)OCc1ccc(NC(=O)CNC(=O)[C@H](Cc2ccccc2)NC(=O)CNC(=O)CNC(=O)CCCCCN2C(=O)C=CC2=O)cc1)CC3. The van der Waals surface area contributed by atoms with Crippen LogP contribution in [0.25, 0.3) is 22.3 Å². The van der Waals surface area contributed by atoms with Crippen LogP contribution in [0.1, 0.15) is 102 Å². The van der Waals surface area contributed by atoms with Crippen molar-refractivity contribution in [3.63, 3.8) is 0 Å². The summed E-state index contributed by atoms with van der Waals surface area (Å²) in [4.78, 5) is 147. The molecule has 9 rings (SSSR count). The number of cyclic esters (lactones) is 1. The fraction of sp³-hybridized carbons (Fsp3) is 0.377. The number of carbonyl (C=O) groups is 10. The van der Waals surface area contributed by atoms with Gasteiger partial charge in [0.05, 0.1) is 67.3 Å². The highest BCUT2D eigenvalue weighted by atomic mass is 19.1. The van der Waals surface area contributed by atoms with Gasteiger partial charge >= 0.3 is 12.1 Å². The number of hydrogen-bond donors (Lipinski definition) is 9. The van der Waals surface area contributed by atoms with E-state index in [-0.39, 0.29) is 74.9 Å². The number of aryl methyl sites for hydroxylation is 1. The minimum atomic E-state index is -2.07. The molecular weight excluding hydrogens is 1130 g/mol. The maximum Gasteiger partial charge on any atom is 0.407 e. The highest BCUT2D eigenvalue weighted by Gasteiger charge is 2.46. The van der Waals surface area contributed by atoms with E-state index >= 15 is 4.39 Å². The van der Waals surface area contributed by atoms with E-state index in [1.807, 2.05) is 0 Å². The molecule has 5 aromatic rings. The quantitative estimate of drug-likeness (QED) is 0.0224. The summed E-state index contributed by atoms with van der Waals surface area (Å²) in [5.74, 6) is -5.73. The van der Waals surface area contributed by atoms with Crippen molar-refractivity contribution in [1.29, 1.82) is 0 Å². The number of pyridine rings is 2. The maximum absolute atomic E-state index is 15.4. The zero-order valence-electron chi connectivity index (χ0n) is 47.7. The molecule has 0 fully saturated rings. The number of ether oxygens (including phenoxy) is 2. The number of benzene rings is 3. The first-order valence-corrected chi connectivity index (χ1v) is 28.5. The van der Waals surface area contributed by atoms with E-state index in [4.69, 9.17) is 14.5 Å². The van der Waals surface area contributed by atoms with Crippen molar-refractivity contribution < 1.29 is 72.0 Å². The number of aliphatic hydroxyl groups is 2. The highest BCUT2D eigenvalue weighted by molar-refractivity contribution is 6.12. The van der Waals surface area contributed by atoms with Crippen molar-refractivity contribution in [2.24, 2.45) is 0 Å². The van der Waals surface area contributed by atoms with Crippen LogP contribution in [0.2, 0.25) is 0 Å². The Labute approximate surface area is 496 Å². The molecule has 456 valence electrons. The molecule has 0 spiro atoms. The molecule has 3 aromatic carbocycles. The van der Waals surface area contributed by atoms with Gasteiger partial charge in [0, 0.05) is 66.2 Å². The largest absolute Gasteiger partial charge is 0.458 e. The van der Waals surface area contributed by atoms with Crippen molar-refractivity contribution in [2.45, 2.75) is 115 Å². The van der Waals surface area contributed by atoms with Gasteiger partial charge in [0.2, 0.25) is 35.4 Å². The molecule has 9 N–H and O–H groups in total. The number of alkyl carbamates (subject to hydrolysis) is 1. The molecule has 26 heteroatoms. The molecule has 1 aliphatic carbocycles. The number of esters is 1. The van der Waals surface area contributed by atoms with Gasteiger partial charge < -0.3 is 61.5 Å². The van der Waals surface area contributed by atoms with Gasteiger partial charge in [-0.05, 0) is 85.0 Å². The summed E-state index contributed by atoms with van der Waals surface area (Å²) in [5, 5.41) is 40.4. The lowest BCUT2D eigenvalue weighted by Gasteiger charge is -2.31. The van der Waals surface area contributed by atoms with Crippen molar-refractivity contribution in [3.8, 4) is 11.4 Å². The number of aliphatic hydroxyl groups excluding tert-OH is 1. The van der Waals surface area contributed by atoms with Gasteiger partial charge in [-0.25, -0.2) is 19.0 Å². The Morgan fingerprint density at radius 1 is 0.816 bits per heavy atom. The number of fused-ring (bicyclic) bond motifs is 5. The first kappa shape index (κ1) is 61.9. The topological polar surface area (TPSA) is 352 Å². The van der Waals surface area contributed by atoms with Gasteiger partial charge in [-0.2, -0.15) is 0 Å². The van der Waals surface area contributed by atoms with Gasteiger partial charge in [-0.15, -0.1) is 0 Å². The zero-order valence-corrected chi connectivity index (χ0v) is 47.7. The van der Waals surface area contributed by atoms with Gasteiger partial charge in [0.1, 0.15) is 25.1 Å². The van der Waals surface area contributed by atoms with E-state index in [1.165, 1.54) is 34.9 Å². The van der Waals surface area contributed by atoms with Crippen LogP contribution < -0.4 is 42.8 Å². The summed E-state index contributed by atoms with van der Waals surface area (Å²) in [6, 6.07) is 14.9. The number of nitrogens with zero attached hydrogens (tertiary/aromatic N) is 3. The van der Waals surface area contributed by atoms with Crippen LogP contribution in [-0.4, -0.2) is 129 Å². The number of anilines is 1. The Bertz CT molecular complexity index is 3670. The third kappa shape index (κ3) is 14.2. The summed E-state index contributed by atoms with van der Waals surface area (Å²) in [6.45, 7) is 0.906. The number of halogens is 1. The monoisotopic (exact) mass is 1200 g/mol. The summed E-state index contributed by atoms with van der Waals surface area (Å²) < 4.78 is 27.5. The van der Waals surface area contributed by atoms with E-state index < -0.39 is 109 Å². The molecule has 25 nitrogen and oxygen atoms in total. The molecule has 2 aromatic heterocycles. The molecule has 87 heavy (non-hydrogen) atoms. The van der Waals surface area contributed by atoms with Crippen LogP contribution in [0.5, 0.6) is 0 Å². The first-order valence-electron chi connectivity index (χ1n) is 28.5. The fourth-order valence-corrected chi connectivity index (χ4v) is 11.1. The van der Waals surface area contributed by atoms with Crippen LogP contribution in [0.15, 0.2) is 83.7 Å². The molecule has 5 heterocycles. The number of carbonyl (C=O) groups excluding carboxylic acids is 10. The molecule has 9 amide bonds. The molecule has 4 aliphatic rings. The predicted octanol–water partition coefficient (Wildman–Crippen LogP) is 1.81. The first-order chi connectivity index (χ1) is 41.7. The lowest BCUT2D eigenvalue weighted by Crippen LogP contribution is -2.52. The molecule has 0 saturated heterocycles. The third-order valence-corrected chi connectivity index (χ3v) is 15.7. The van der Waals surface area contributed by atoms with E-state index in [2.05, 4.69) is 37.2 Å². The Hall–Kier alpha value is -9.69. The normalized spacial score (nSPS) is 16.8. The van der Waals surface area contributed by atoms with Crippen molar-refractivity contribution >= 4 is 75.9 Å². The van der Waals surface area contributed by atoms with E-state index in [0.29, 0.717) is 93.5 Å². The van der Waals surface area contributed by atoms with Crippen LogP contribution in [0.4, 0.5) is 14.9 Å². The maximum atomic E-state index is 15.4. The average molecular weight is 1200 g/mol. The lowest BCUT2D eigenvalue weighted by atomic mass is 9.81. The zero-order chi connectivity index (χ0) is 62.1. The van der Waals surface area contributed by atoms with E-state index in [1.54, 1.807) is 62.4 Å². The second kappa shape index (κ2) is 27.1. The fourth-order valence-electron chi connectivity index (χ4n) is 11.1.